The van der Waals surface area contributed by atoms with Crippen LogP contribution in [0.15, 0.2) is 17.2 Å². The number of hydrogen-bond acceptors (Lipinski definition) is 7. The van der Waals surface area contributed by atoms with Crippen molar-refractivity contribution in [1.29, 1.82) is 0 Å². The van der Waals surface area contributed by atoms with Crippen molar-refractivity contribution in [2.24, 2.45) is 0 Å². The quantitative estimate of drug-likeness (QED) is 0.566. The van der Waals surface area contributed by atoms with E-state index in [4.69, 9.17) is 14.2 Å². The van der Waals surface area contributed by atoms with Crippen LogP contribution in [0.3, 0.4) is 0 Å². The Bertz CT molecular complexity index is 689. The highest BCUT2D eigenvalue weighted by atomic mass is 32.2. The number of nitrogens with zero attached hydrogens (tertiary/aromatic N) is 2. The van der Waals surface area contributed by atoms with Gasteiger partial charge in [0.2, 0.25) is 5.88 Å². The van der Waals surface area contributed by atoms with Crippen molar-refractivity contribution < 1.29 is 23.8 Å². The van der Waals surface area contributed by atoms with Crippen molar-refractivity contribution in [2.75, 3.05) is 19.9 Å². The molecular weight excluding hydrogens is 368 g/mol. The van der Waals surface area contributed by atoms with E-state index in [1.165, 1.54) is 18.9 Å². The normalized spacial score (nSPS) is 20.1. The van der Waals surface area contributed by atoms with E-state index >= 15 is 0 Å². The van der Waals surface area contributed by atoms with Gasteiger partial charge in [0.1, 0.15) is 17.3 Å². The molecule has 0 spiro atoms. The van der Waals surface area contributed by atoms with Crippen LogP contribution in [0.2, 0.25) is 0 Å². The largest absolute Gasteiger partial charge is 0.472 e. The Hall–Kier alpha value is -1.96. The molecule has 1 aliphatic rings. The Labute approximate surface area is 164 Å². The minimum atomic E-state index is -0.559. The van der Waals surface area contributed by atoms with Crippen LogP contribution < -0.4 is 4.74 Å². The van der Waals surface area contributed by atoms with Crippen LogP contribution in [0.25, 0.3) is 0 Å². The Kier molecular flexibility index (Phi) is 6.97. The number of amides is 1. The molecule has 150 valence electrons. The summed E-state index contributed by atoms with van der Waals surface area (Å²) >= 11 is 1.42. The second-order valence-corrected chi connectivity index (χ2v) is 8.33. The fourth-order valence-corrected chi connectivity index (χ4v) is 3.45. The van der Waals surface area contributed by atoms with Gasteiger partial charge in [-0.05, 0) is 52.9 Å². The van der Waals surface area contributed by atoms with Gasteiger partial charge in [0, 0.05) is 17.1 Å². The molecule has 27 heavy (non-hydrogen) atoms. The first-order valence-corrected chi connectivity index (χ1v) is 10.2. The highest BCUT2D eigenvalue weighted by Crippen LogP contribution is 2.30. The second kappa shape index (κ2) is 8.82. The molecule has 0 N–H and O–H groups in total. The number of aromatic nitrogens is 1. The van der Waals surface area contributed by atoms with Gasteiger partial charge in [0.25, 0.3) is 0 Å². The zero-order valence-corrected chi connectivity index (χ0v) is 17.6. The monoisotopic (exact) mass is 396 g/mol. The summed E-state index contributed by atoms with van der Waals surface area (Å²) in [6.07, 6.45) is 4.37. The van der Waals surface area contributed by atoms with E-state index in [9.17, 15) is 9.59 Å². The van der Waals surface area contributed by atoms with Crippen LogP contribution in [0, 0.1) is 0 Å². The standard InChI is InChI=1S/C19H28N2O5S/c1-12-7-8-13(11-21(12)18(23)26-19(2,3)4)25-16-15(17(22)24-5)14(27-6)9-10-20-16/h9-10,12-13H,7-8,11H2,1-6H3/t12-,13-/m1/s1. The molecule has 8 heteroatoms. The van der Waals surface area contributed by atoms with Crippen LogP contribution in [-0.2, 0) is 9.47 Å². The summed E-state index contributed by atoms with van der Waals surface area (Å²) in [5.74, 6) is -0.256. The first kappa shape index (κ1) is 21.3. The van der Waals surface area contributed by atoms with Crippen LogP contribution in [-0.4, -0.2) is 59.6 Å². The van der Waals surface area contributed by atoms with Crippen LogP contribution in [0.5, 0.6) is 5.88 Å². The van der Waals surface area contributed by atoms with Crippen LogP contribution >= 0.6 is 11.8 Å². The van der Waals surface area contributed by atoms with Crippen molar-refractivity contribution in [3.05, 3.63) is 17.8 Å². The number of esters is 1. The highest BCUT2D eigenvalue weighted by Gasteiger charge is 2.34. The Balaban J connectivity index is 2.18. The number of carbonyl (C=O) groups is 2. The zero-order chi connectivity index (χ0) is 20.2. The number of hydrogen-bond donors (Lipinski definition) is 0. The van der Waals surface area contributed by atoms with E-state index < -0.39 is 11.6 Å². The fourth-order valence-electron chi connectivity index (χ4n) is 2.88. The van der Waals surface area contributed by atoms with Crippen LogP contribution in [0.1, 0.15) is 50.9 Å². The molecule has 0 aliphatic carbocycles. The molecule has 0 radical (unpaired) electrons. The molecule has 7 nitrogen and oxygen atoms in total. The first-order valence-electron chi connectivity index (χ1n) is 8.94. The Morgan fingerprint density at radius 1 is 1.30 bits per heavy atom. The van der Waals surface area contributed by atoms with Crippen molar-refractivity contribution >= 4 is 23.8 Å². The third-order valence-electron chi connectivity index (χ3n) is 4.23. The molecule has 1 saturated heterocycles. The van der Waals surface area contributed by atoms with E-state index in [1.54, 1.807) is 17.2 Å². The number of pyridine rings is 1. The lowest BCUT2D eigenvalue weighted by Gasteiger charge is -2.38. The fraction of sp³-hybridized carbons (Fsp3) is 0.632. The molecule has 2 atom stereocenters. The topological polar surface area (TPSA) is 78.0 Å². The van der Waals surface area contributed by atoms with E-state index in [0.29, 0.717) is 12.1 Å². The molecule has 0 bridgehead atoms. The van der Waals surface area contributed by atoms with Gasteiger partial charge >= 0.3 is 12.1 Å². The smallest absolute Gasteiger partial charge is 0.410 e. The van der Waals surface area contributed by atoms with Gasteiger partial charge in [-0.1, -0.05) is 0 Å². The maximum atomic E-state index is 12.5. The second-order valence-electron chi connectivity index (χ2n) is 7.48. The minimum Gasteiger partial charge on any atom is -0.472 e. The summed E-state index contributed by atoms with van der Waals surface area (Å²) in [6.45, 7) is 7.89. The maximum absolute atomic E-state index is 12.5. The third kappa shape index (κ3) is 5.51. The van der Waals surface area contributed by atoms with E-state index in [0.717, 1.165) is 17.7 Å². The predicted octanol–water partition coefficient (Wildman–Crippen LogP) is 3.76. The van der Waals surface area contributed by atoms with Crippen molar-refractivity contribution in [2.45, 2.75) is 63.2 Å². The lowest BCUT2D eigenvalue weighted by atomic mass is 10.0. The van der Waals surface area contributed by atoms with Crippen molar-refractivity contribution in [1.82, 2.24) is 9.88 Å². The average Bonchev–Trinajstić information content (AvgIpc) is 2.60. The van der Waals surface area contributed by atoms with Gasteiger partial charge in [0.15, 0.2) is 0 Å². The molecule has 1 aliphatic heterocycles. The molecule has 2 heterocycles. The van der Waals surface area contributed by atoms with Crippen molar-refractivity contribution in [3.8, 4) is 5.88 Å². The molecule has 1 aromatic rings. The highest BCUT2D eigenvalue weighted by molar-refractivity contribution is 7.98. The molecule has 1 fully saturated rings. The van der Waals surface area contributed by atoms with E-state index in [1.807, 2.05) is 34.0 Å². The summed E-state index contributed by atoms with van der Waals surface area (Å²) in [4.78, 5) is 31.3. The summed E-state index contributed by atoms with van der Waals surface area (Å²) in [6, 6.07) is 1.81. The van der Waals surface area contributed by atoms with E-state index in [2.05, 4.69) is 4.98 Å². The van der Waals surface area contributed by atoms with Crippen LogP contribution in [0.4, 0.5) is 4.79 Å². The molecule has 0 aromatic carbocycles. The number of carbonyl (C=O) groups excluding carboxylic acids is 2. The van der Waals surface area contributed by atoms with Crippen molar-refractivity contribution in [3.63, 3.8) is 0 Å². The third-order valence-corrected chi connectivity index (χ3v) is 5.01. The van der Waals surface area contributed by atoms with Gasteiger partial charge in [-0.25, -0.2) is 14.6 Å². The first-order chi connectivity index (χ1) is 12.7. The molecule has 0 saturated carbocycles. The zero-order valence-electron chi connectivity index (χ0n) is 16.8. The minimum absolute atomic E-state index is 0.0604. The molecule has 2 rings (SSSR count). The number of piperidine rings is 1. The molecular formula is C19H28N2O5S. The summed E-state index contributed by atoms with van der Waals surface area (Å²) in [5, 5.41) is 0. The summed E-state index contributed by atoms with van der Waals surface area (Å²) < 4.78 is 16.4. The maximum Gasteiger partial charge on any atom is 0.410 e. The average molecular weight is 397 g/mol. The van der Waals surface area contributed by atoms with Gasteiger partial charge in [-0.15, -0.1) is 11.8 Å². The van der Waals surface area contributed by atoms with Gasteiger partial charge < -0.3 is 19.1 Å². The van der Waals surface area contributed by atoms with Gasteiger partial charge in [-0.2, -0.15) is 0 Å². The number of ether oxygens (including phenoxy) is 3. The molecule has 0 unspecified atom stereocenters. The number of rotatable bonds is 4. The lowest BCUT2D eigenvalue weighted by molar-refractivity contribution is -0.00634. The molecule has 1 amide bonds. The number of likely N-dealkylation sites (tertiary alicyclic amines) is 1. The number of methoxy groups -OCH3 is 1. The lowest BCUT2D eigenvalue weighted by Crippen LogP contribution is -2.50. The Morgan fingerprint density at radius 2 is 2.00 bits per heavy atom. The SMILES string of the molecule is COC(=O)c1c(SC)ccnc1O[C@@H]1CC[C@@H](C)N(C(=O)OC(C)(C)C)C1. The Morgan fingerprint density at radius 3 is 2.59 bits per heavy atom. The van der Waals surface area contributed by atoms with Gasteiger partial charge in [-0.3, -0.25) is 0 Å². The predicted molar refractivity (Wildman–Crippen MR) is 103 cm³/mol. The van der Waals surface area contributed by atoms with E-state index in [-0.39, 0.29) is 24.1 Å². The molecule has 1 aromatic heterocycles. The number of thioether (sulfide) groups is 1. The summed E-state index contributed by atoms with van der Waals surface area (Å²) in [7, 11) is 1.33. The summed E-state index contributed by atoms with van der Waals surface area (Å²) in [5.41, 5.74) is -0.244. The van der Waals surface area contributed by atoms with Gasteiger partial charge in [0.05, 0.1) is 13.7 Å².